The lowest BCUT2D eigenvalue weighted by Gasteiger charge is -2.19. The third-order valence-corrected chi connectivity index (χ3v) is 6.41. The average Bonchev–Trinajstić information content (AvgIpc) is 3.17. The van der Waals surface area contributed by atoms with Crippen LogP contribution < -0.4 is 4.72 Å². The standard InChI is InChI=1S/C22H19N3O4S/c1-15-6-8-16(9-7-15)22(20-14-23-21-5-3-2-4-19(20)21)24-30(28,29)18-12-10-17(11-13-18)25(26)27/h2-14,22-24H,1H3/t22-/m0/s1. The summed E-state index contributed by atoms with van der Waals surface area (Å²) >= 11 is 0. The number of non-ortho nitro benzene ring substituents is 1. The van der Waals surface area contributed by atoms with Gasteiger partial charge in [-0.05, 0) is 36.2 Å². The highest BCUT2D eigenvalue weighted by Crippen LogP contribution is 2.31. The lowest BCUT2D eigenvalue weighted by Crippen LogP contribution is -2.29. The van der Waals surface area contributed by atoms with Crippen LogP contribution >= 0.6 is 0 Å². The Morgan fingerprint density at radius 3 is 2.30 bits per heavy atom. The van der Waals surface area contributed by atoms with Crippen molar-refractivity contribution in [3.8, 4) is 0 Å². The van der Waals surface area contributed by atoms with Crippen molar-refractivity contribution in [2.45, 2.75) is 17.9 Å². The van der Waals surface area contributed by atoms with Gasteiger partial charge in [0.05, 0.1) is 15.9 Å². The van der Waals surface area contributed by atoms with Crippen molar-refractivity contribution in [1.82, 2.24) is 9.71 Å². The molecular weight excluding hydrogens is 402 g/mol. The Labute approximate surface area is 173 Å². The smallest absolute Gasteiger partial charge is 0.269 e. The number of benzene rings is 3. The van der Waals surface area contributed by atoms with Crippen molar-refractivity contribution in [2.24, 2.45) is 0 Å². The van der Waals surface area contributed by atoms with E-state index in [1.165, 1.54) is 24.3 Å². The van der Waals surface area contributed by atoms with Gasteiger partial charge in [0.2, 0.25) is 10.0 Å². The zero-order valence-corrected chi connectivity index (χ0v) is 16.9. The second-order valence-electron chi connectivity index (χ2n) is 7.01. The molecule has 0 radical (unpaired) electrons. The maximum atomic E-state index is 13.1. The Kier molecular flexibility index (Phi) is 5.11. The van der Waals surface area contributed by atoms with Gasteiger partial charge < -0.3 is 4.98 Å². The number of rotatable bonds is 6. The predicted octanol–water partition coefficient (Wildman–Crippen LogP) is 4.45. The van der Waals surface area contributed by atoms with Gasteiger partial charge in [-0.2, -0.15) is 4.72 Å². The van der Waals surface area contributed by atoms with Gasteiger partial charge in [0, 0.05) is 29.2 Å². The molecule has 0 bridgehead atoms. The molecule has 2 N–H and O–H groups in total. The Morgan fingerprint density at radius 2 is 1.63 bits per heavy atom. The third kappa shape index (κ3) is 3.83. The Bertz CT molecular complexity index is 1310. The fraction of sp³-hybridized carbons (Fsp3) is 0.0909. The number of H-pyrrole nitrogens is 1. The van der Waals surface area contributed by atoms with Crippen molar-refractivity contribution in [2.75, 3.05) is 0 Å². The van der Waals surface area contributed by atoms with Gasteiger partial charge in [0.15, 0.2) is 0 Å². The summed E-state index contributed by atoms with van der Waals surface area (Å²) in [7, 11) is -3.94. The molecule has 0 aliphatic carbocycles. The number of hydrogen-bond acceptors (Lipinski definition) is 4. The molecule has 1 atom stereocenters. The van der Waals surface area contributed by atoms with Gasteiger partial charge in [-0.15, -0.1) is 0 Å². The second-order valence-corrected chi connectivity index (χ2v) is 8.72. The van der Waals surface area contributed by atoms with Crippen molar-refractivity contribution in [3.05, 3.63) is 106 Å². The molecule has 1 heterocycles. The molecule has 4 aromatic rings. The van der Waals surface area contributed by atoms with Crippen LogP contribution in [-0.4, -0.2) is 18.3 Å². The molecule has 0 saturated carbocycles. The van der Waals surface area contributed by atoms with Crippen LogP contribution in [0.1, 0.15) is 22.7 Å². The van der Waals surface area contributed by atoms with Gasteiger partial charge in [-0.1, -0.05) is 48.0 Å². The highest BCUT2D eigenvalue weighted by atomic mass is 32.2. The number of nitrogens with zero attached hydrogens (tertiary/aromatic N) is 1. The molecule has 0 aliphatic rings. The number of fused-ring (bicyclic) bond motifs is 1. The summed E-state index contributed by atoms with van der Waals surface area (Å²) in [6.45, 7) is 1.96. The summed E-state index contributed by atoms with van der Waals surface area (Å²) in [5.74, 6) is 0. The van der Waals surface area contributed by atoms with Crippen LogP contribution in [0.15, 0.2) is 83.9 Å². The normalized spacial score (nSPS) is 12.7. The lowest BCUT2D eigenvalue weighted by molar-refractivity contribution is -0.384. The number of hydrogen-bond donors (Lipinski definition) is 2. The Hall–Kier alpha value is -3.49. The summed E-state index contributed by atoms with van der Waals surface area (Å²) in [5.41, 5.74) is 3.38. The molecule has 0 fully saturated rings. The fourth-order valence-electron chi connectivity index (χ4n) is 3.37. The van der Waals surface area contributed by atoms with E-state index >= 15 is 0 Å². The molecule has 30 heavy (non-hydrogen) atoms. The number of sulfonamides is 1. The quantitative estimate of drug-likeness (QED) is 0.354. The van der Waals surface area contributed by atoms with E-state index < -0.39 is 21.0 Å². The minimum atomic E-state index is -3.94. The molecule has 0 aliphatic heterocycles. The van der Waals surface area contributed by atoms with E-state index in [1.54, 1.807) is 6.20 Å². The first kappa shape index (κ1) is 19.8. The number of nitrogens with one attached hydrogen (secondary N) is 2. The minimum absolute atomic E-state index is 0.0370. The molecule has 3 aromatic carbocycles. The summed E-state index contributed by atoms with van der Waals surface area (Å²) in [6.07, 6.45) is 1.80. The number of aromatic amines is 1. The van der Waals surface area contributed by atoms with Gasteiger partial charge in [-0.3, -0.25) is 10.1 Å². The number of nitro groups is 1. The van der Waals surface area contributed by atoms with E-state index in [1.807, 2.05) is 55.5 Å². The summed E-state index contributed by atoms with van der Waals surface area (Å²) in [6, 6.07) is 19.5. The van der Waals surface area contributed by atoms with Crippen LogP contribution in [0.25, 0.3) is 10.9 Å². The summed E-state index contributed by atoms with van der Waals surface area (Å²) in [4.78, 5) is 13.5. The molecule has 0 unspecified atom stereocenters. The predicted molar refractivity (Wildman–Crippen MR) is 115 cm³/mol. The first-order valence-corrected chi connectivity index (χ1v) is 10.7. The number of aromatic nitrogens is 1. The van der Waals surface area contributed by atoms with E-state index in [2.05, 4.69) is 9.71 Å². The molecule has 1 aromatic heterocycles. The Balaban J connectivity index is 1.78. The van der Waals surface area contributed by atoms with Crippen LogP contribution in [0.5, 0.6) is 0 Å². The molecular formula is C22H19N3O4S. The van der Waals surface area contributed by atoms with Crippen LogP contribution in [0, 0.1) is 17.0 Å². The third-order valence-electron chi connectivity index (χ3n) is 4.97. The first-order valence-electron chi connectivity index (χ1n) is 9.24. The maximum absolute atomic E-state index is 13.1. The molecule has 7 nitrogen and oxygen atoms in total. The van der Waals surface area contributed by atoms with Gasteiger partial charge in [0.1, 0.15) is 0 Å². The van der Waals surface area contributed by atoms with Crippen molar-refractivity contribution in [3.63, 3.8) is 0 Å². The molecule has 0 amide bonds. The molecule has 4 rings (SSSR count). The van der Waals surface area contributed by atoms with E-state index in [0.717, 1.165) is 27.6 Å². The van der Waals surface area contributed by atoms with E-state index in [4.69, 9.17) is 0 Å². The van der Waals surface area contributed by atoms with E-state index in [9.17, 15) is 18.5 Å². The molecule has 152 valence electrons. The average molecular weight is 421 g/mol. The SMILES string of the molecule is Cc1ccc([C@H](NS(=O)(=O)c2ccc([N+](=O)[O-])cc2)c2c[nH]c3ccccc23)cc1. The lowest BCUT2D eigenvalue weighted by atomic mass is 9.98. The molecule has 0 spiro atoms. The number of nitro benzene ring substituents is 1. The van der Waals surface area contributed by atoms with Gasteiger partial charge >= 0.3 is 0 Å². The van der Waals surface area contributed by atoms with Gasteiger partial charge in [0.25, 0.3) is 5.69 Å². The Morgan fingerprint density at radius 1 is 0.967 bits per heavy atom. The van der Waals surface area contributed by atoms with E-state index in [0.29, 0.717) is 0 Å². The highest BCUT2D eigenvalue weighted by Gasteiger charge is 2.25. The van der Waals surface area contributed by atoms with Crippen molar-refractivity contribution < 1.29 is 13.3 Å². The van der Waals surface area contributed by atoms with Crippen LogP contribution in [0.3, 0.4) is 0 Å². The largest absolute Gasteiger partial charge is 0.361 e. The second kappa shape index (κ2) is 7.74. The maximum Gasteiger partial charge on any atom is 0.269 e. The highest BCUT2D eigenvalue weighted by molar-refractivity contribution is 7.89. The van der Waals surface area contributed by atoms with Crippen LogP contribution in [0.4, 0.5) is 5.69 Å². The van der Waals surface area contributed by atoms with Crippen LogP contribution in [-0.2, 0) is 10.0 Å². The van der Waals surface area contributed by atoms with E-state index in [-0.39, 0.29) is 10.6 Å². The van der Waals surface area contributed by atoms with Crippen LogP contribution in [0.2, 0.25) is 0 Å². The molecule has 8 heteroatoms. The summed E-state index contributed by atoms with van der Waals surface area (Å²) < 4.78 is 29.0. The van der Waals surface area contributed by atoms with Gasteiger partial charge in [-0.25, -0.2) is 8.42 Å². The minimum Gasteiger partial charge on any atom is -0.361 e. The first-order chi connectivity index (χ1) is 14.3. The number of aryl methyl sites for hydroxylation is 1. The summed E-state index contributed by atoms with van der Waals surface area (Å²) in [5, 5.41) is 11.8. The van der Waals surface area contributed by atoms with Crippen molar-refractivity contribution >= 4 is 26.6 Å². The number of para-hydroxylation sites is 1. The zero-order chi connectivity index (χ0) is 21.3. The van der Waals surface area contributed by atoms with Crippen molar-refractivity contribution in [1.29, 1.82) is 0 Å². The molecule has 0 saturated heterocycles. The zero-order valence-electron chi connectivity index (χ0n) is 16.1. The monoisotopic (exact) mass is 421 g/mol. The fourth-order valence-corrected chi connectivity index (χ4v) is 4.58. The topological polar surface area (TPSA) is 105 Å².